The minimum absolute atomic E-state index is 0.0812. The van der Waals surface area contributed by atoms with E-state index in [0.717, 1.165) is 12.1 Å². The zero-order valence-corrected chi connectivity index (χ0v) is 16.5. The molecule has 0 spiro atoms. The van der Waals surface area contributed by atoms with E-state index in [1.54, 1.807) is 5.38 Å². The first kappa shape index (κ1) is 22.0. The van der Waals surface area contributed by atoms with Crippen molar-refractivity contribution >= 4 is 34.0 Å². The van der Waals surface area contributed by atoms with Crippen LogP contribution in [0.25, 0.3) is 0 Å². The fourth-order valence-corrected chi connectivity index (χ4v) is 3.15. The molecule has 0 aliphatic rings. The molecule has 1 aromatic carbocycles. The lowest BCUT2D eigenvalue weighted by atomic mass is 10.2. The highest BCUT2D eigenvalue weighted by atomic mass is 32.1. The normalized spacial score (nSPS) is 11.1. The first-order valence-corrected chi connectivity index (χ1v) is 9.66. The molecule has 0 unspecified atom stereocenters. The number of nitrogens with one attached hydrogen (secondary N) is 3. The van der Waals surface area contributed by atoms with Crippen molar-refractivity contribution in [2.45, 2.75) is 19.2 Å². The SMILES string of the molecule is O=C(CCc1csc(NC(=O)c2ccc(=O)[nH]c2)n1)Nc1ccc(OC(F)(F)F)cc1. The van der Waals surface area contributed by atoms with Gasteiger partial charge in [0.15, 0.2) is 5.13 Å². The molecule has 2 heterocycles. The van der Waals surface area contributed by atoms with Crippen molar-refractivity contribution < 1.29 is 27.5 Å². The van der Waals surface area contributed by atoms with Crippen molar-refractivity contribution in [1.29, 1.82) is 0 Å². The molecule has 0 aliphatic carbocycles. The number of H-pyrrole nitrogens is 1. The molecule has 0 saturated heterocycles. The van der Waals surface area contributed by atoms with Crippen molar-refractivity contribution in [3.63, 3.8) is 0 Å². The molecular formula is C19H15F3N4O4S. The number of aromatic amines is 1. The number of anilines is 2. The molecule has 0 aliphatic heterocycles. The predicted octanol–water partition coefficient (Wildman–Crippen LogP) is 3.55. The summed E-state index contributed by atoms with van der Waals surface area (Å²) < 4.78 is 40.2. The number of alkyl halides is 3. The van der Waals surface area contributed by atoms with Crippen LogP contribution in [-0.2, 0) is 11.2 Å². The van der Waals surface area contributed by atoms with Crippen molar-refractivity contribution in [2.75, 3.05) is 10.6 Å². The molecular weight excluding hydrogens is 437 g/mol. The fourth-order valence-electron chi connectivity index (χ4n) is 2.41. The summed E-state index contributed by atoms with van der Waals surface area (Å²) in [6.45, 7) is 0. The van der Waals surface area contributed by atoms with Crippen LogP contribution in [-0.4, -0.2) is 28.1 Å². The molecule has 3 N–H and O–H groups in total. The van der Waals surface area contributed by atoms with Gasteiger partial charge in [-0.05, 0) is 36.8 Å². The number of halogens is 3. The Labute approximate surface area is 177 Å². The number of hydrogen-bond donors (Lipinski definition) is 3. The third-order valence-electron chi connectivity index (χ3n) is 3.80. The third-order valence-corrected chi connectivity index (χ3v) is 4.60. The number of aromatic nitrogens is 2. The van der Waals surface area contributed by atoms with E-state index in [1.807, 2.05) is 0 Å². The lowest BCUT2D eigenvalue weighted by Gasteiger charge is -2.09. The van der Waals surface area contributed by atoms with Gasteiger partial charge in [-0.25, -0.2) is 4.98 Å². The van der Waals surface area contributed by atoms with Gasteiger partial charge in [0.05, 0.1) is 11.3 Å². The van der Waals surface area contributed by atoms with Crippen LogP contribution in [0.5, 0.6) is 5.75 Å². The largest absolute Gasteiger partial charge is 0.573 e. The van der Waals surface area contributed by atoms with Gasteiger partial charge >= 0.3 is 6.36 Å². The smallest absolute Gasteiger partial charge is 0.406 e. The average Bonchev–Trinajstić information content (AvgIpc) is 3.14. The first-order chi connectivity index (χ1) is 14.7. The van der Waals surface area contributed by atoms with Crippen molar-refractivity contribution in [1.82, 2.24) is 9.97 Å². The van der Waals surface area contributed by atoms with Gasteiger partial charge in [0.25, 0.3) is 5.91 Å². The predicted molar refractivity (Wildman–Crippen MR) is 107 cm³/mol. The second-order valence-electron chi connectivity index (χ2n) is 6.16. The summed E-state index contributed by atoms with van der Waals surface area (Å²) in [4.78, 5) is 41.8. The third kappa shape index (κ3) is 6.96. The second kappa shape index (κ2) is 9.43. The van der Waals surface area contributed by atoms with Crippen LogP contribution in [0.15, 0.2) is 52.8 Å². The number of aryl methyl sites for hydroxylation is 1. The van der Waals surface area contributed by atoms with E-state index in [4.69, 9.17) is 0 Å². The number of hydrogen-bond acceptors (Lipinski definition) is 6. The molecule has 0 fully saturated rings. The molecule has 2 aromatic heterocycles. The summed E-state index contributed by atoms with van der Waals surface area (Å²) in [5.41, 5.74) is 0.858. The van der Waals surface area contributed by atoms with E-state index < -0.39 is 12.3 Å². The van der Waals surface area contributed by atoms with Crippen LogP contribution in [0.4, 0.5) is 24.0 Å². The Balaban J connectivity index is 1.47. The number of carbonyl (C=O) groups excluding carboxylic acids is 2. The summed E-state index contributed by atoms with van der Waals surface area (Å²) in [5.74, 6) is -1.17. The van der Waals surface area contributed by atoms with Gasteiger partial charge in [-0.15, -0.1) is 24.5 Å². The van der Waals surface area contributed by atoms with Gasteiger partial charge in [0.1, 0.15) is 5.75 Å². The highest BCUT2D eigenvalue weighted by Crippen LogP contribution is 2.24. The van der Waals surface area contributed by atoms with Crippen molar-refractivity contribution in [3.05, 3.63) is 69.6 Å². The molecule has 0 radical (unpaired) electrons. The van der Waals surface area contributed by atoms with Crippen LogP contribution in [0.2, 0.25) is 0 Å². The summed E-state index contributed by atoms with van der Waals surface area (Å²) in [6.07, 6.45) is -3.11. The Kier molecular flexibility index (Phi) is 6.70. The lowest BCUT2D eigenvalue weighted by Crippen LogP contribution is -2.17. The number of pyridine rings is 1. The van der Waals surface area contributed by atoms with E-state index in [2.05, 4.69) is 25.3 Å². The standard InChI is InChI=1S/C19H15F3N4O4S/c20-19(21,22)30-14-5-2-12(3-6-14)24-16(28)8-4-13-10-31-18(25-13)26-17(29)11-1-7-15(27)23-9-11/h1-3,5-7,9-10H,4,8H2,(H,23,27)(H,24,28)(H,25,26,29). The van der Waals surface area contributed by atoms with Gasteiger partial charge in [-0.1, -0.05) is 0 Å². The average molecular weight is 452 g/mol. The molecule has 3 rings (SSSR count). The highest BCUT2D eigenvalue weighted by molar-refractivity contribution is 7.14. The molecule has 162 valence electrons. The number of benzene rings is 1. The Morgan fingerprint density at radius 3 is 2.48 bits per heavy atom. The molecule has 0 saturated carbocycles. The Morgan fingerprint density at radius 1 is 1.10 bits per heavy atom. The summed E-state index contributed by atoms with van der Waals surface area (Å²) in [6, 6.07) is 7.41. The minimum Gasteiger partial charge on any atom is -0.406 e. The van der Waals surface area contributed by atoms with E-state index >= 15 is 0 Å². The van der Waals surface area contributed by atoms with E-state index in [-0.39, 0.29) is 29.2 Å². The monoisotopic (exact) mass is 452 g/mol. The van der Waals surface area contributed by atoms with Crippen molar-refractivity contribution in [2.24, 2.45) is 0 Å². The van der Waals surface area contributed by atoms with Gasteiger partial charge < -0.3 is 15.0 Å². The van der Waals surface area contributed by atoms with Gasteiger partial charge in [0.2, 0.25) is 11.5 Å². The van der Waals surface area contributed by atoms with Gasteiger partial charge in [-0.2, -0.15) is 0 Å². The number of rotatable bonds is 7. The Morgan fingerprint density at radius 2 is 1.84 bits per heavy atom. The van der Waals surface area contributed by atoms with Gasteiger partial charge in [0, 0.05) is 29.8 Å². The molecule has 2 amide bonds. The topological polar surface area (TPSA) is 113 Å². The number of nitrogens with zero attached hydrogens (tertiary/aromatic N) is 1. The van der Waals surface area contributed by atoms with Crippen LogP contribution in [0.3, 0.4) is 0 Å². The summed E-state index contributed by atoms with van der Waals surface area (Å²) in [7, 11) is 0. The molecule has 0 atom stereocenters. The van der Waals surface area contributed by atoms with Crippen molar-refractivity contribution in [3.8, 4) is 5.75 Å². The van der Waals surface area contributed by atoms with Crippen LogP contribution < -0.4 is 20.9 Å². The number of amides is 2. The number of carbonyl (C=O) groups is 2. The van der Waals surface area contributed by atoms with Gasteiger partial charge in [-0.3, -0.25) is 19.7 Å². The van der Waals surface area contributed by atoms with Crippen LogP contribution >= 0.6 is 11.3 Å². The molecule has 8 nitrogen and oxygen atoms in total. The molecule has 3 aromatic rings. The maximum atomic E-state index is 12.2. The zero-order valence-electron chi connectivity index (χ0n) is 15.7. The van der Waals surface area contributed by atoms with E-state index in [1.165, 1.54) is 41.8 Å². The first-order valence-electron chi connectivity index (χ1n) is 8.78. The maximum absolute atomic E-state index is 12.2. The number of thiazole rings is 1. The quantitative estimate of drug-likeness (QED) is 0.507. The second-order valence-corrected chi connectivity index (χ2v) is 7.02. The molecule has 12 heteroatoms. The number of ether oxygens (including phenoxy) is 1. The fraction of sp³-hybridized carbons (Fsp3) is 0.158. The van der Waals surface area contributed by atoms with E-state index in [9.17, 15) is 27.6 Å². The molecule has 0 bridgehead atoms. The maximum Gasteiger partial charge on any atom is 0.573 e. The summed E-state index contributed by atoms with van der Waals surface area (Å²) in [5, 5.41) is 7.20. The van der Waals surface area contributed by atoms with E-state index in [0.29, 0.717) is 22.9 Å². The minimum atomic E-state index is -4.78. The lowest BCUT2D eigenvalue weighted by molar-refractivity contribution is -0.274. The van der Waals surface area contributed by atoms with Crippen LogP contribution in [0, 0.1) is 0 Å². The Hall–Kier alpha value is -3.67. The molecule has 31 heavy (non-hydrogen) atoms. The summed E-state index contributed by atoms with van der Waals surface area (Å²) >= 11 is 1.18. The van der Waals surface area contributed by atoms with Crippen LogP contribution in [0.1, 0.15) is 22.5 Å². The Bertz CT molecular complexity index is 1110. The zero-order chi connectivity index (χ0) is 22.4. The highest BCUT2D eigenvalue weighted by Gasteiger charge is 2.30.